The van der Waals surface area contributed by atoms with Gasteiger partial charge in [-0.2, -0.15) is 0 Å². The minimum atomic E-state index is -0.238. The monoisotopic (exact) mass is 486 g/mol. The van der Waals surface area contributed by atoms with E-state index in [0.717, 1.165) is 35.9 Å². The highest BCUT2D eigenvalue weighted by Crippen LogP contribution is 2.41. The number of imide groups is 1. The number of carbonyl (C=O) groups excluding carboxylic acids is 2. The van der Waals surface area contributed by atoms with Crippen molar-refractivity contribution in [2.45, 2.75) is 78.7 Å². The molecule has 0 saturated carbocycles. The summed E-state index contributed by atoms with van der Waals surface area (Å²) in [5.41, 5.74) is 4.54. The summed E-state index contributed by atoms with van der Waals surface area (Å²) in [7, 11) is 0. The molecule has 7 nitrogen and oxygen atoms in total. The van der Waals surface area contributed by atoms with Crippen LogP contribution >= 0.6 is 0 Å². The molecule has 0 bridgehead atoms. The van der Waals surface area contributed by atoms with Crippen LogP contribution in [0.25, 0.3) is 16.7 Å². The second-order valence-electron chi connectivity index (χ2n) is 12.0. The zero-order valence-electron chi connectivity index (χ0n) is 21.8. The number of aromatic nitrogens is 3. The van der Waals surface area contributed by atoms with Crippen LogP contribution in [0.1, 0.15) is 77.8 Å². The second kappa shape index (κ2) is 8.57. The molecule has 2 aliphatic rings. The SMILES string of the molecule is CC(C)(C)CC(C)(C)c1cc(CN2C(=O)C3=C(CCCC3)C2=O)c(O)c(-n2nc3ccccc3n2)c1. The first-order chi connectivity index (χ1) is 16.9. The maximum absolute atomic E-state index is 13.1. The summed E-state index contributed by atoms with van der Waals surface area (Å²) < 4.78 is 0. The fourth-order valence-corrected chi connectivity index (χ4v) is 5.85. The highest BCUT2D eigenvalue weighted by molar-refractivity contribution is 6.19. The van der Waals surface area contributed by atoms with Crippen molar-refractivity contribution in [3.63, 3.8) is 0 Å². The lowest BCUT2D eigenvalue weighted by atomic mass is 9.72. The fourth-order valence-electron chi connectivity index (χ4n) is 5.85. The Morgan fingerprint density at radius 3 is 1.97 bits per heavy atom. The molecule has 0 atom stereocenters. The van der Waals surface area contributed by atoms with E-state index in [-0.39, 0.29) is 34.9 Å². The first kappa shape index (κ1) is 24.2. The molecule has 1 aromatic heterocycles. The predicted octanol–water partition coefficient (Wildman–Crippen LogP) is 5.58. The summed E-state index contributed by atoms with van der Waals surface area (Å²) in [6.07, 6.45) is 4.05. The van der Waals surface area contributed by atoms with Gasteiger partial charge in [0.1, 0.15) is 22.5 Å². The normalized spacial score (nSPS) is 16.9. The van der Waals surface area contributed by atoms with Crippen LogP contribution in [0.5, 0.6) is 5.75 Å². The van der Waals surface area contributed by atoms with Crippen molar-refractivity contribution >= 4 is 22.8 Å². The molecule has 0 unspecified atom stereocenters. The van der Waals surface area contributed by atoms with E-state index >= 15 is 0 Å². The van der Waals surface area contributed by atoms with Gasteiger partial charge in [-0.3, -0.25) is 14.5 Å². The Bertz CT molecular complexity index is 1350. The molecule has 1 aliphatic carbocycles. The van der Waals surface area contributed by atoms with Crippen molar-refractivity contribution < 1.29 is 14.7 Å². The first-order valence-corrected chi connectivity index (χ1v) is 12.7. The van der Waals surface area contributed by atoms with Crippen LogP contribution < -0.4 is 0 Å². The number of hydrogen-bond acceptors (Lipinski definition) is 5. The summed E-state index contributed by atoms with van der Waals surface area (Å²) in [6.45, 7) is 11.0. The highest BCUT2D eigenvalue weighted by Gasteiger charge is 2.39. The van der Waals surface area contributed by atoms with Crippen LogP contribution in [0.15, 0.2) is 47.5 Å². The molecule has 36 heavy (non-hydrogen) atoms. The number of benzene rings is 2. The van der Waals surface area contributed by atoms with Crippen LogP contribution in [0, 0.1) is 5.41 Å². The zero-order chi connectivity index (χ0) is 25.8. The van der Waals surface area contributed by atoms with Gasteiger partial charge in [0.2, 0.25) is 0 Å². The van der Waals surface area contributed by atoms with Gasteiger partial charge in [-0.1, -0.05) is 46.8 Å². The van der Waals surface area contributed by atoms with E-state index in [1.165, 1.54) is 9.70 Å². The first-order valence-electron chi connectivity index (χ1n) is 12.7. The summed E-state index contributed by atoms with van der Waals surface area (Å²) in [4.78, 5) is 29.0. The molecule has 0 radical (unpaired) electrons. The second-order valence-corrected chi connectivity index (χ2v) is 12.0. The molecule has 3 aromatic rings. The predicted molar refractivity (Wildman–Crippen MR) is 139 cm³/mol. The fraction of sp³-hybridized carbons (Fsp3) is 0.448. The molecule has 2 heterocycles. The molecule has 7 heteroatoms. The number of nitrogens with zero attached hydrogens (tertiary/aromatic N) is 4. The maximum Gasteiger partial charge on any atom is 0.257 e. The van der Waals surface area contributed by atoms with Gasteiger partial charge in [0.05, 0.1) is 6.54 Å². The molecular weight excluding hydrogens is 452 g/mol. The molecule has 1 aliphatic heterocycles. The largest absolute Gasteiger partial charge is 0.505 e. The van der Waals surface area contributed by atoms with Crippen molar-refractivity contribution in [2.24, 2.45) is 5.41 Å². The molecule has 188 valence electrons. The highest BCUT2D eigenvalue weighted by atomic mass is 16.3. The third kappa shape index (κ3) is 4.31. The van der Waals surface area contributed by atoms with Crippen molar-refractivity contribution in [1.29, 1.82) is 0 Å². The summed E-state index contributed by atoms with van der Waals surface area (Å²) in [6, 6.07) is 11.4. The summed E-state index contributed by atoms with van der Waals surface area (Å²) in [5, 5.41) is 20.6. The number of fused-ring (bicyclic) bond motifs is 1. The van der Waals surface area contributed by atoms with Crippen LogP contribution in [0.4, 0.5) is 0 Å². The number of phenolic OH excluding ortho intramolecular Hbond substituents is 1. The third-order valence-corrected chi connectivity index (χ3v) is 7.23. The molecule has 2 amide bonds. The van der Waals surface area contributed by atoms with Crippen molar-refractivity contribution in [3.05, 3.63) is 58.7 Å². The van der Waals surface area contributed by atoms with Crippen molar-refractivity contribution in [1.82, 2.24) is 19.9 Å². The third-order valence-electron chi connectivity index (χ3n) is 7.23. The van der Waals surface area contributed by atoms with E-state index in [9.17, 15) is 14.7 Å². The van der Waals surface area contributed by atoms with Gasteiger partial charge in [-0.25, -0.2) is 0 Å². The van der Waals surface area contributed by atoms with Crippen molar-refractivity contribution in [2.75, 3.05) is 0 Å². The van der Waals surface area contributed by atoms with E-state index in [1.54, 1.807) is 0 Å². The Balaban J connectivity index is 1.61. The van der Waals surface area contributed by atoms with Crippen LogP contribution in [-0.2, 0) is 21.5 Å². The smallest absolute Gasteiger partial charge is 0.257 e. The van der Waals surface area contributed by atoms with Gasteiger partial charge in [-0.05, 0) is 72.8 Å². The van der Waals surface area contributed by atoms with Crippen LogP contribution in [0.3, 0.4) is 0 Å². The number of rotatable bonds is 5. The zero-order valence-corrected chi connectivity index (χ0v) is 21.8. The Morgan fingerprint density at radius 1 is 0.889 bits per heavy atom. The average Bonchev–Trinajstić information content (AvgIpc) is 3.34. The Labute approximate surface area is 211 Å². The maximum atomic E-state index is 13.1. The minimum absolute atomic E-state index is 0.0175. The number of hydrogen-bond donors (Lipinski definition) is 1. The van der Waals surface area contributed by atoms with Gasteiger partial charge >= 0.3 is 0 Å². The van der Waals surface area contributed by atoms with Gasteiger partial charge in [0, 0.05) is 16.7 Å². The standard InChI is InChI=1S/C29H34N4O3/c1-28(2,3)17-29(4,5)19-14-18(16-32-26(35)20-10-6-7-11-21(20)27(32)36)25(34)24(15-19)33-30-22-12-8-9-13-23(22)31-33/h8-9,12-15,34H,6-7,10-11,16-17H2,1-5H3. The molecular formula is C29H34N4O3. The number of carbonyl (C=O) groups is 2. The van der Waals surface area contributed by atoms with Crippen LogP contribution in [0.2, 0.25) is 0 Å². The Kier molecular flexibility index (Phi) is 5.77. The average molecular weight is 487 g/mol. The van der Waals surface area contributed by atoms with E-state index in [1.807, 2.05) is 36.4 Å². The Hall–Kier alpha value is -3.48. The van der Waals surface area contributed by atoms with Gasteiger partial charge in [0.25, 0.3) is 11.8 Å². The molecule has 0 fully saturated rings. The molecule has 2 aromatic carbocycles. The lowest BCUT2D eigenvalue weighted by Crippen LogP contribution is -2.31. The topological polar surface area (TPSA) is 88.3 Å². The van der Waals surface area contributed by atoms with E-state index in [0.29, 0.717) is 35.2 Å². The molecule has 0 saturated heterocycles. The quantitative estimate of drug-likeness (QED) is 0.476. The molecule has 0 spiro atoms. The van der Waals surface area contributed by atoms with Crippen LogP contribution in [-0.4, -0.2) is 36.8 Å². The summed E-state index contributed by atoms with van der Waals surface area (Å²) in [5.74, 6) is -0.466. The summed E-state index contributed by atoms with van der Waals surface area (Å²) >= 11 is 0. The van der Waals surface area contributed by atoms with Crippen molar-refractivity contribution in [3.8, 4) is 11.4 Å². The Morgan fingerprint density at radius 2 is 1.44 bits per heavy atom. The number of phenols is 1. The number of amides is 2. The van der Waals surface area contributed by atoms with Gasteiger partial charge < -0.3 is 5.11 Å². The van der Waals surface area contributed by atoms with Gasteiger partial charge in [0.15, 0.2) is 0 Å². The van der Waals surface area contributed by atoms with E-state index in [4.69, 9.17) is 0 Å². The number of aromatic hydroxyl groups is 1. The van der Waals surface area contributed by atoms with E-state index < -0.39 is 0 Å². The lowest BCUT2D eigenvalue weighted by Gasteiger charge is -2.34. The minimum Gasteiger partial charge on any atom is -0.505 e. The van der Waals surface area contributed by atoms with Gasteiger partial charge in [-0.15, -0.1) is 15.0 Å². The lowest BCUT2D eigenvalue weighted by molar-refractivity contribution is -0.138. The molecule has 5 rings (SSSR count). The van der Waals surface area contributed by atoms with E-state index in [2.05, 4.69) is 44.8 Å². The molecule has 1 N–H and O–H groups in total.